The van der Waals surface area contributed by atoms with Crippen molar-refractivity contribution in [1.29, 1.82) is 0 Å². The lowest BCUT2D eigenvalue weighted by molar-refractivity contribution is -0.118. The van der Waals surface area contributed by atoms with Gasteiger partial charge >= 0.3 is 5.97 Å². The Bertz CT molecular complexity index is 1010. The molecule has 2 aromatic rings. The van der Waals surface area contributed by atoms with E-state index < -0.39 is 23.7 Å². The van der Waals surface area contributed by atoms with Crippen LogP contribution >= 0.6 is 0 Å². The molecule has 0 bridgehead atoms. The molecule has 1 unspecified atom stereocenters. The summed E-state index contributed by atoms with van der Waals surface area (Å²) < 4.78 is 5.20. The number of Topliss-reactive ketones (excluding diaryl/α,β-unsaturated/α-hetero) is 1. The SMILES string of the molecule is CC(C)CC(=O)C1=C(O)C(=O)N(c2ccc(C(=O)OC(C)C)cc2)C1c1ccccc1. The second kappa shape index (κ2) is 9.16. The average Bonchev–Trinajstić information content (AvgIpc) is 2.99. The molecule has 6 nitrogen and oxygen atoms in total. The summed E-state index contributed by atoms with van der Waals surface area (Å²) in [7, 11) is 0. The first-order valence-corrected chi connectivity index (χ1v) is 10.4. The van der Waals surface area contributed by atoms with Crippen LogP contribution in [0, 0.1) is 5.92 Å². The van der Waals surface area contributed by atoms with E-state index in [1.807, 2.05) is 44.2 Å². The fraction of sp³-hybridized carbons (Fsp3) is 0.320. The van der Waals surface area contributed by atoms with Crippen molar-refractivity contribution in [3.05, 3.63) is 77.1 Å². The van der Waals surface area contributed by atoms with Gasteiger partial charge in [0, 0.05) is 12.1 Å². The summed E-state index contributed by atoms with van der Waals surface area (Å²) in [6.07, 6.45) is -0.0189. The molecule has 0 radical (unpaired) electrons. The van der Waals surface area contributed by atoms with E-state index in [-0.39, 0.29) is 29.8 Å². The van der Waals surface area contributed by atoms with Crippen molar-refractivity contribution in [2.75, 3.05) is 4.90 Å². The summed E-state index contributed by atoms with van der Waals surface area (Å²) in [6, 6.07) is 14.8. The van der Waals surface area contributed by atoms with Gasteiger partial charge in [-0.15, -0.1) is 0 Å². The lowest BCUT2D eigenvalue weighted by Crippen LogP contribution is -2.31. The van der Waals surface area contributed by atoms with Crippen LogP contribution in [0.15, 0.2) is 65.9 Å². The molecule has 0 aromatic heterocycles. The molecule has 0 saturated heterocycles. The van der Waals surface area contributed by atoms with Crippen molar-refractivity contribution in [3.63, 3.8) is 0 Å². The lowest BCUT2D eigenvalue weighted by Gasteiger charge is -2.27. The molecule has 0 aliphatic carbocycles. The summed E-state index contributed by atoms with van der Waals surface area (Å²) in [5.74, 6) is -1.79. The summed E-state index contributed by atoms with van der Waals surface area (Å²) in [6.45, 7) is 7.36. The number of carbonyl (C=O) groups excluding carboxylic acids is 3. The molecule has 1 aliphatic rings. The van der Waals surface area contributed by atoms with Crippen molar-refractivity contribution in [2.24, 2.45) is 5.92 Å². The molecule has 3 rings (SSSR count). The van der Waals surface area contributed by atoms with E-state index in [1.54, 1.807) is 38.1 Å². The van der Waals surface area contributed by atoms with Crippen molar-refractivity contribution in [3.8, 4) is 0 Å². The number of esters is 1. The number of aliphatic hydroxyl groups excluding tert-OH is 1. The smallest absolute Gasteiger partial charge is 0.338 e. The molecule has 0 saturated carbocycles. The Balaban J connectivity index is 2.02. The molecule has 162 valence electrons. The number of anilines is 1. The highest BCUT2D eigenvalue weighted by Crippen LogP contribution is 2.41. The van der Waals surface area contributed by atoms with Crippen LogP contribution in [0.1, 0.15) is 56.1 Å². The quantitative estimate of drug-likeness (QED) is 0.651. The van der Waals surface area contributed by atoms with Crippen molar-refractivity contribution < 1.29 is 24.2 Å². The number of rotatable bonds is 7. The van der Waals surface area contributed by atoms with Gasteiger partial charge in [-0.25, -0.2) is 4.79 Å². The first kappa shape index (κ1) is 22.3. The van der Waals surface area contributed by atoms with Crippen LogP contribution in [0.3, 0.4) is 0 Å². The van der Waals surface area contributed by atoms with Crippen molar-refractivity contribution in [2.45, 2.75) is 46.3 Å². The van der Waals surface area contributed by atoms with Gasteiger partial charge in [0.05, 0.1) is 23.3 Å². The van der Waals surface area contributed by atoms with Gasteiger partial charge in [-0.3, -0.25) is 14.5 Å². The van der Waals surface area contributed by atoms with Gasteiger partial charge in [0.1, 0.15) is 0 Å². The molecule has 0 fully saturated rings. The Kier molecular flexibility index (Phi) is 6.59. The number of ketones is 1. The van der Waals surface area contributed by atoms with E-state index >= 15 is 0 Å². The van der Waals surface area contributed by atoms with Crippen molar-refractivity contribution >= 4 is 23.3 Å². The number of hydrogen-bond acceptors (Lipinski definition) is 5. The third-order valence-electron chi connectivity index (χ3n) is 4.94. The highest BCUT2D eigenvalue weighted by atomic mass is 16.5. The van der Waals surface area contributed by atoms with Crippen LogP contribution in [-0.4, -0.2) is 28.9 Å². The predicted molar refractivity (Wildman–Crippen MR) is 118 cm³/mol. The van der Waals surface area contributed by atoms with Crippen molar-refractivity contribution in [1.82, 2.24) is 0 Å². The first-order chi connectivity index (χ1) is 14.7. The number of aliphatic hydroxyl groups is 1. The van der Waals surface area contributed by atoms with E-state index in [0.29, 0.717) is 11.3 Å². The number of nitrogens with zero attached hydrogens (tertiary/aromatic N) is 1. The summed E-state index contributed by atoms with van der Waals surface area (Å²) in [5, 5.41) is 10.6. The third-order valence-corrected chi connectivity index (χ3v) is 4.94. The molecule has 1 N–H and O–H groups in total. The lowest BCUT2D eigenvalue weighted by atomic mass is 9.92. The summed E-state index contributed by atoms with van der Waals surface area (Å²) >= 11 is 0. The standard InChI is InChI=1S/C25H27NO5/c1-15(2)14-20(27)21-22(17-8-6-5-7-9-17)26(24(29)23(21)28)19-12-10-18(11-13-19)25(30)31-16(3)4/h5-13,15-16,22,28H,14H2,1-4H3. The van der Waals surface area contributed by atoms with Gasteiger partial charge in [-0.1, -0.05) is 44.2 Å². The molecule has 1 atom stereocenters. The van der Waals surface area contributed by atoms with Gasteiger partial charge in [0.2, 0.25) is 0 Å². The minimum atomic E-state index is -0.742. The van der Waals surface area contributed by atoms with E-state index in [4.69, 9.17) is 4.74 Å². The largest absolute Gasteiger partial charge is 0.503 e. The third kappa shape index (κ3) is 4.68. The van der Waals surface area contributed by atoms with E-state index in [2.05, 4.69) is 0 Å². The first-order valence-electron chi connectivity index (χ1n) is 10.4. The minimum absolute atomic E-state index is 0.0830. The monoisotopic (exact) mass is 421 g/mol. The van der Waals surface area contributed by atoms with Crippen LogP contribution in [0.5, 0.6) is 0 Å². The van der Waals surface area contributed by atoms with E-state index in [9.17, 15) is 19.5 Å². The van der Waals surface area contributed by atoms with Gasteiger partial charge < -0.3 is 9.84 Å². The van der Waals surface area contributed by atoms with Crippen LogP contribution in [0.2, 0.25) is 0 Å². The van der Waals surface area contributed by atoms with Crippen LogP contribution in [0.4, 0.5) is 5.69 Å². The van der Waals surface area contributed by atoms with E-state index in [0.717, 1.165) is 5.56 Å². The topological polar surface area (TPSA) is 83.9 Å². The molecular formula is C25H27NO5. The molecular weight excluding hydrogens is 394 g/mol. The second-order valence-electron chi connectivity index (χ2n) is 8.27. The molecule has 2 aromatic carbocycles. The van der Waals surface area contributed by atoms with Crippen LogP contribution in [0.25, 0.3) is 0 Å². The summed E-state index contributed by atoms with van der Waals surface area (Å²) in [5.41, 5.74) is 1.65. The molecule has 1 amide bonds. The molecule has 1 heterocycles. The number of hydrogen-bond donors (Lipinski definition) is 1. The Hall–Kier alpha value is -3.41. The molecule has 1 aliphatic heterocycles. The zero-order valence-corrected chi connectivity index (χ0v) is 18.2. The maximum absolute atomic E-state index is 13.0. The summed E-state index contributed by atoms with van der Waals surface area (Å²) in [4.78, 5) is 39.5. The van der Waals surface area contributed by atoms with Gasteiger partial charge in [-0.05, 0) is 49.6 Å². The Morgan fingerprint density at radius 2 is 1.61 bits per heavy atom. The molecule has 0 spiro atoms. The number of ether oxygens (including phenoxy) is 1. The van der Waals surface area contributed by atoms with Crippen LogP contribution < -0.4 is 4.90 Å². The van der Waals surface area contributed by atoms with Gasteiger partial charge in [-0.2, -0.15) is 0 Å². The predicted octanol–water partition coefficient (Wildman–Crippen LogP) is 4.77. The minimum Gasteiger partial charge on any atom is -0.503 e. The second-order valence-corrected chi connectivity index (χ2v) is 8.27. The number of carbonyl (C=O) groups is 3. The number of benzene rings is 2. The van der Waals surface area contributed by atoms with Gasteiger partial charge in [0.25, 0.3) is 5.91 Å². The fourth-order valence-electron chi connectivity index (χ4n) is 3.63. The Morgan fingerprint density at radius 1 is 1.00 bits per heavy atom. The average molecular weight is 421 g/mol. The van der Waals surface area contributed by atoms with E-state index in [1.165, 1.54) is 4.90 Å². The fourth-order valence-corrected chi connectivity index (χ4v) is 3.63. The molecule has 6 heteroatoms. The zero-order valence-electron chi connectivity index (χ0n) is 18.2. The highest BCUT2D eigenvalue weighted by Gasteiger charge is 2.44. The highest BCUT2D eigenvalue weighted by molar-refractivity contribution is 6.16. The van der Waals surface area contributed by atoms with Gasteiger partial charge in [0.15, 0.2) is 11.5 Å². The normalized spacial score (nSPS) is 16.4. The maximum atomic E-state index is 13.0. The van der Waals surface area contributed by atoms with Crippen LogP contribution in [-0.2, 0) is 14.3 Å². The molecule has 31 heavy (non-hydrogen) atoms. The number of amides is 1. The Labute approximate surface area is 182 Å². The zero-order chi connectivity index (χ0) is 22.7. The maximum Gasteiger partial charge on any atom is 0.338 e. The Morgan fingerprint density at radius 3 is 2.16 bits per heavy atom.